The predicted octanol–water partition coefficient (Wildman–Crippen LogP) is 3.88. The van der Waals surface area contributed by atoms with Gasteiger partial charge < -0.3 is 9.30 Å². The highest BCUT2D eigenvalue weighted by atomic mass is 32.2. The van der Waals surface area contributed by atoms with Crippen molar-refractivity contribution in [2.75, 3.05) is 17.6 Å². The Bertz CT molecular complexity index is 1140. The van der Waals surface area contributed by atoms with E-state index in [1.165, 1.54) is 0 Å². The highest BCUT2D eigenvalue weighted by Crippen LogP contribution is 2.37. The topological polar surface area (TPSA) is 84.1 Å². The first kappa shape index (κ1) is 18.8. The molecule has 1 aromatic heterocycles. The van der Waals surface area contributed by atoms with E-state index in [1.807, 2.05) is 48.9 Å². The van der Waals surface area contributed by atoms with E-state index in [0.717, 1.165) is 10.9 Å². The maximum atomic E-state index is 12.3. The van der Waals surface area contributed by atoms with E-state index in [2.05, 4.69) is 10.8 Å². The summed E-state index contributed by atoms with van der Waals surface area (Å²) in [5.41, 5.74) is 3.12. The molecule has 6 nitrogen and oxygen atoms in total. The van der Waals surface area contributed by atoms with Crippen LogP contribution in [-0.2, 0) is 17.1 Å². The van der Waals surface area contributed by atoms with E-state index in [0.29, 0.717) is 34.7 Å². The number of anilines is 1. The summed E-state index contributed by atoms with van der Waals surface area (Å²) in [7, 11) is -0.00281. The molecule has 0 atom stereocenters. The highest BCUT2D eigenvalue weighted by molar-refractivity contribution is 7.92. The molecule has 140 valence electrons. The molecular weight excluding hydrogens is 362 g/mol. The summed E-state index contributed by atoms with van der Waals surface area (Å²) in [6.07, 6.45) is 0.523. The van der Waals surface area contributed by atoms with Crippen LogP contribution in [0.1, 0.15) is 18.9 Å². The molecule has 0 aliphatic carbocycles. The molecule has 7 heteroatoms. The lowest BCUT2D eigenvalue weighted by atomic mass is 10.0. The number of hydrogen-bond donors (Lipinski definition) is 1. The van der Waals surface area contributed by atoms with Gasteiger partial charge in [0, 0.05) is 24.1 Å². The van der Waals surface area contributed by atoms with Crippen LogP contribution in [0, 0.1) is 11.3 Å². The zero-order chi connectivity index (χ0) is 19.6. The van der Waals surface area contributed by atoms with Crippen molar-refractivity contribution in [2.45, 2.75) is 13.3 Å². The second-order valence-corrected chi connectivity index (χ2v) is 8.09. The van der Waals surface area contributed by atoms with Gasteiger partial charge in [0.15, 0.2) is 0 Å². The minimum absolute atomic E-state index is 0.0404. The molecule has 0 aliphatic rings. The van der Waals surface area contributed by atoms with E-state index in [4.69, 9.17) is 4.74 Å². The van der Waals surface area contributed by atoms with Gasteiger partial charge in [-0.3, -0.25) is 4.72 Å². The Balaban J connectivity index is 2.25. The van der Waals surface area contributed by atoms with Crippen molar-refractivity contribution in [3.8, 4) is 23.1 Å². The predicted molar refractivity (Wildman–Crippen MR) is 107 cm³/mol. The summed E-state index contributed by atoms with van der Waals surface area (Å²) in [4.78, 5) is 0. The van der Waals surface area contributed by atoms with E-state index >= 15 is 0 Å². The molecule has 0 amide bonds. The monoisotopic (exact) mass is 383 g/mol. The van der Waals surface area contributed by atoms with Crippen LogP contribution in [0.25, 0.3) is 22.2 Å². The van der Waals surface area contributed by atoms with Crippen LogP contribution in [0.2, 0.25) is 0 Å². The molecule has 0 aliphatic heterocycles. The number of hydrogen-bond acceptors (Lipinski definition) is 4. The number of benzene rings is 2. The van der Waals surface area contributed by atoms with Gasteiger partial charge in [-0.25, -0.2) is 8.42 Å². The summed E-state index contributed by atoms with van der Waals surface area (Å²) in [5.74, 6) is 0.731. The molecular formula is C20H21N3O3S. The first-order valence-electron chi connectivity index (χ1n) is 8.58. The molecule has 3 rings (SSSR count). The fourth-order valence-corrected chi connectivity index (χ4v) is 4.39. The smallest absolute Gasteiger partial charge is 0.232 e. The summed E-state index contributed by atoms with van der Waals surface area (Å²) < 4.78 is 34.4. The molecule has 2 aromatic carbocycles. The summed E-state index contributed by atoms with van der Waals surface area (Å²) in [5, 5.41) is 10.6. The maximum Gasteiger partial charge on any atom is 0.232 e. The molecule has 27 heavy (non-hydrogen) atoms. The number of rotatable bonds is 6. The lowest BCUT2D eigenvalue weighted by Gasteiger charge is -2.13. The lowest BCUT2D eigenvalue weighted by molar-refractivity contribution is 0.415. The molecule has 1 N–H and O–H groups in total. The first-order chi connectivity index (χ1) is 12.9. The number of para-hydroxylation sites is 1. The summed E-state index contributed by atoms with van der Waals surface area (Å²) in [6, 6.07) is 14.9. The van der Waals surface area contributed by atoms with Crippen LogP contribution in [0.5, 0.6) is 5.75 Å². The van der Waals surface area contributed by atoms with Crippen molar-refractivity contribution >= 4 is 26.6 Å². The van der Waals surface area contributed by atoms with Crippen LogP contribution in [-0.4, -0.2) is 25.8 Å². The Morgan fingerprint density at radius 1 is 1.22 bits per heavy atom. The van der Waals surface area contributed by atoms with Crippen LogP contribution in [0.4, 0.5) is 5.69 Å². The number of sulfonamides is 1. The third-order valence-electron chi connectivity index (χ3n) is 4.44. The van der Waals surface area contributed by atoms with Crippen LogP contribution in [0.15, 0.2) is 42.5 Å². The second kappa shape index (κ2) is 7.33. The van der Waals surface area contributed by atoms with Crippen molar-refractivity contribution in [1.82, 2.24) is 4.57 Å². The third kappa shape index (κ3) is 3.49. The van der Waals surface area contributed by atoms with Crippen LogP contribution in [0.3, 0.4) is 0 Å². The first-order valence-corrected chi connectivity index (χ1v) is 10.2. The van der Waals surface area contributed by atoms with Gasteiger partial charge in [-0.15, -0.1) is 0 Å². The standard InChI is InChI=1S/C20H21N3O3S/c1-4-11-27(24,25)22-18-8-6-5-7-16(18)20-17(13-21)15-10-9-14(26-3)12-19(15)23(20)2/h5-10,12,22H,4,11H2,1-3H3. The van der Waals surface area contributed by atoms with Gasteiger partial charge in [0.05, 0.1) is 35.3 Å². The molecule has 0 bridgehead atoms. The van der Waals surface area contributed by atoms with Crippen molar-refractivity contribution < 1.29 is 13.2 Å². The number of fused-ring (bicyclic) bond motifs is 1. The third-order valence-corrected chi connectivity index (χ3v) is 5.92. The number of nitrogens with zero attached hydrogens (tertiary/aromatic N) is 2. The lowest BCUT2D eigenvalue weighted by Crippen LogP contribution is -2.16. The zero-order valence-corrected chi connectivity index (χ0v) is 16.3. The quantitative estimate of drug-likeness (QED) is 0.700. The SMILES string of the molecule is CCCS(=O)(=O)Nc1ccccc1-c1c(C#N)c2ccc(OC)cc2n1C. The van der Waals surface area contributed by atoms with Gasteiger partial charge in [0.1, 0.15) is 11.8 Å². The van der Waals surface area contributed by atoms with Gasteiger partial charge in [-0.05, 0) is 24.6 Å². The Morgan fingerprint density at radius 3 is 2.63 bits per heavy atom. The van der Waals surface area contributed by atoms with E-state index in [1.54, 1.807) is 19.2 Å². The van der Waals surface area contributed by atoms with Crippen LogP contribution < -0.4 is 9.46 Å². The van der Waals surface area contributed by atoms with Crippen molar-refractivity contribution in [2.24, 2.45) is 7.05 Å². The maximum absolute atomic E-state index is 12.3. The second-order valence-electron chi connectivity index (χ2n) is 6.24. The van der Waals surface area contributed by atoms with E-state index in [-0.39, 0.29) is 5.75 Å². The molecule has 3 aromatic rings. The molecule has 1 heterocycles. The average Bonchev–Trinajstić information content (AvgIpc) is 2.93. The van der Waals surface area contributed by atoms with Gasteiger partial charge in [0.2, 0.25) is 10.0 Å². The molecule has 0 saturated heterocycles. The zero-order valence-electron chi connectivity index (χ0n) is 15.5. The molecule has 0 unspecified atom stereocenters. The Morgan fingerprint density at radius 2 is 1.96 bits per heavy atom. The number of nitrogens with one attached hydrogen (secondary N) is 1. The number of aromatic nitrogens is 1. The van der Waals surface area contributed by atoms with Gasteiger partial charge >= 0.3 is 0 Å². The molecule has 0 spiro atoms. The fraction of sp³-hybridized carbons (Fsp3) is 0.250. The van der Waals surface area contributed by atoms with E-state index in [9.17, 15) is 13.7 Å². The highest BCUT2D eigenvalue weighted by Gasteiger charge is 2.21. The number of ether oxygens (including phenoxy) is 1. The normalized spacial score (nSPS) is 11.3. The minimum Gasteiger partial charge on any atom is -0.497 e. The van der Waals surface area contributed by atoms with Gasteiger partial charge in [-0.1, -0.05) is 25.1 Å². The number of methoxy groups -OCH3 is 1. The number of aryl methyl sites for hydroxylation is 1. The van der Waals surface area contributed by atoms with Crippen LogP contribution >= 0.6 is 0 Å². The van der Waals surface area contributed by atoms with Gasteiger partial charge in [-0.2, -0.15) is 5.26 Å². The summed E-state index contributed by atoms with van der Waals surface area (Å²) in [6.45, 7) is 1.82. The average molecular weight is 383 g/mol. The Kier molecular flexibility index (Phi) is 5.10. The van der Waals surface area contributed by atoms with Crippen molar-refractivity contribution in [3.63, 3.8) is 0 Å². The molecule has 0 fully saturated rings. The van der Waals surface area contributed by atoms with Crippen molar-refractivity contribution in [3.05, 3.63) is 48.0 Å². The number of nitriles is 1. The molecule has 0 radical (unpaired) electrons. The molecule has 0 saturated carbocycles. The summed E-state index contributed by atoms with van der Waals surface area (Å²) >= 11 is 0. The largest absolute Gasteiger partial charge is 0.497 e. The minimum atomic E-state index is -3.45. The van der Waals surface area contributed by atoms with Crippen molar-refractivity contribution in [1.29, 1.82) is 5.26 Å². The van der Waals surface area contributed by atoms with E-state index < -0.39 is 10.0 Å². The Labute approximate surface area is 159 Å². The fourth-order valence-electron chi connectivity index (χ4n) is 3.24. The Hall–Kier alpha value is -2.98. The van der Waals surface area contributed by atoms with Gasteiger partial charge in [0.25, 0.3) is 0 Å².